The molecule has 0 spiro atoms. The molecule has 3 unspecified atom stereocenters. The number of fused-ring (bicyclic) bond motifs is 5. The van der Waals surface area contributed by atoms with Crippen LogP contribution >= 0.6 is 0 Å². The van der Waals surface area contributed by atoms with Gasteiger partial charge in [-0.15, -0.1) is 0 Å². The highest BCUT2D eigenvalue weighted by atomic mass is 79.9. The van der Waals surface area contributed by atoms with Crippen molar-refractivity contribution in [2.75, 3.05) is 46.4 Å². The third kappa shape index (κ3) is 4.72. The second kappa shape index (κ2) is 10.9. The first-order valence-electron chi connectivity index (χ1n) is 15.7. The third-order valence-corrected chi connectivity index (χ3v) is 13.1. The van der Waals surface area contributed by atoms with Gasteiger partial charge in [0.15, 0.2) is 6.10 Å². The summed E-state index contributed by atoms with van der Waals surface area (Å²) in [6.45, 7) is 12.7. The van der Waals surface area contributed by atoms with Crippen molar-refractivity contribution in [3.8, 4) is 0 Å². The minimum atomic E-state index is -0.200. The largest absolute Gasteiger partial charge is 1.00 e. The average Bonchev–Trinajstić information content (AvgIpc) is 3.17. The molecule has 0 radical (unpaired) electrons. The molecule has 218 valence electrons. The van der Waals surface area contributed by atoms with E-state index in [-0.39, 0.29) is 46.6 Å². The fourth-order valence-corrected chi connectivity index (χ4v) is 11.1. The Morgan fingerprint density at radius 2 is 1.71 bits per heavy atom. The van der Waals surface area contributed by atoms with Gasteiger partial charge in [-0.25, -0.2) is 0 Å². The van der Waals surface area contributed by atoms with Crippen molar-refractivity contribution in [1.82, 2.24) is 4.90 Å². The molecule has 0 bridgehead atoms. The first-order valence-corrected chi connectivity index (χ1v) is 15.7. The Kier molecular flexibility index (Phi) is 8.39. The number of carbonyl (C=O) groups is 1. The van der Waals surface area contributed by atoms with Crippen LogP contribution in [0.1, 0.15) is 85.0 Å². The van der Waals surface area contributed by atoms with E-state index in [0.29, 0.717) is 23.3 Å². The lowest BCUT2D eigenvalue weighted by Crippen LogP contribution is -3.00. The highest BCUT2D eigenvalue weighted by molar-refractivity contribution is 5.66. The van der Waals surface area contributed by atoms with Gasteiger partial charge in [0.25, 0.3) is 0 Å². The molecule has 2 heterocycles. The minimum absolute atomic E-state index is 0. The smallest absolute Gasteiger partial charge is 0.303 e. The van der Waals surface area contributed by atoms with Crippen molar-refractivity contribution >= 4 is 5.97 Å². The maximum Gasteiger partial charge on any atom is 0.303 e. The van der Waals surface area contributed by atoms with Crippen LogP contribution in [0, 0.1) is 34.5 Å². The quantitative estimate of drug-likeness (QED) is 0.392. The topological polar surface area (TPSA) is 59.0 Å². The zero-order chi connectivity index (χ0) is 26.0. The summed E-state index contributed by atoms with van der Waals surface area (Å²) in [5, 5.41) is 11.3. The number of hydrogen-bond donors (Lipinski definition) is 1. The standard InChI is InChI=1S/C31H53N2O4.BrH/c1-21(34)37-29-27(33(4)14-6-5-7-15-33)19-25-23-9-8-22-18-28(35)26(32-12-16-36-17-13-32)20-31(22,3)24(23)10-11-30(25,29)2;/h22-29,35H,5-20H2,1-4H3;1H/q+1;/p-1/t22-,23?,24?,25?,26-,27-,28-,29-,30-,31-;/m0./s1. The van der Waals surface area contributed by atoms with Crippen LogP contribution in [0.25, 0.3) is 0 Å². The van der Waals surface area contributed by atoms with Crippen molar-refractivity contribution < 1.29 is 40.8 Å². The normalized spacial score (nSPS) is 48.7. The maximum atomic E-state index is 12.4. The molecule has 0 amide bonds. The molecule has 2 aliphatic heterocycles. The average molecular weight is 598 g/mol. The van der Waals surface area contributed by atoms with Crippen LogP contribution in [0.3, 0.4) is 0 Å². The summed E-state index contributed by atoms with van der Waals surface area (Å²) in [6.07, 6.45) is 12.1. The van der Waals surface area contributed by atoms with E-state index in [1.807, 2.05) is 0 Å². The molecule has 0 aromatic carbocycles. The van der Waals surface area contributed by atoms with Crippen LogP contribution < -0.4 is 17.0 Å². The Labute approximate surface area is 241 Å². The Hall–Kier alpha value is -0.210. The Bertz CT molecular complexity index is 861. The predicted molar refractivity (Wildman–Crippen MR) is 144 cm³/mol. The Balaban J connectivity index is 0.00000294. The van der Waals surface area contributed by atoms with Gasteiger partial charge in [0.2, 0.25) is 0 Å². The van der Waals surface area contributed by atoms with E-state index in [9.17, 15) is 9.90 Å². The molecule has 4 aliphatic carbocycles. The van der Waals surface area contributed by atoms with Gasteiger partial charge in [-0.2, -0.15) is 0 Å². The molecule has 10 atom stereocenters. The molecule has 38 heavy (non-hydrogen) atoms. The first-order chi connectivity index (χ1) is 17.7. The number of morpholine rings is 1. The van der Waals surface area contributed by atoms with Crippen molar-refractivity contribution in [1.29, 1.82) is 0 Å². The number of carbonyl (C=O) groups excluding carboxylic acids is 1. The zero-order valence-corrected chi connectivity index (χ0v) is 26.0. The second-order valence-corrected chi connectivity index (χ2v) is 14.7. The van der Waals surface area contributed by atoms with Gasteiger partial charge in [0.1, 0.15) is 6.04 Å². The summed E-state index contributed by atoms with van der Waals surface area (Å²) in [7, 11) is 2.46. The number of likely N-dealkylation sites (tertiary alicyclic amines) is 1. The fraction of sp³-hybridized carbons (Fsp3) is 0.968. The molecule has 6 aliphatic rings. The summed E-state index contributed by atoms with van der Waals surface area (Å²) in [4.78, 5) is 15.0. The molecule has 1 N–H and O–H groups in total. The van der Waals surface area contributed by atoms with E-state index < -0.39 is 0 Å². The molecule has 6 rings (SSSR count). The number of nitrogens with zero attached hydrogens (tertiary/aromatic N) is 2. The van der Waals surface area contributed by atoms with Crippen LogP contribution in [0.15, 0.2) is 0 Å². The molecule has 2 saturated heterocycles. The number of halogens is 1. The van der Waals surface area contributed by atoms with Crippen LogP contribution in [-0.2, 0) is 14.3 Å². The van der Waals surface area contributed by atoms with Crippen molar-refractivity contribution in [3.05, 3.63) is 0 Å². The molecule has 0 aromatic rings. The summed E-state index contributed by atoms with van der Waals surface area (Å²) in [5.41, 5.74) is 0.391. The number of ether oxygens (including phenoxy) is 2. The van der Waals surface area contributed by atoms with Gasteiger partial charge in [-0.1, -0.05) is 13.8 Å². The van der Waals surface area contributed by atoms with Crippen molar-refractivity contribution in [3.63, 3.8) is 0 Å². The van der Waals surface area contributed by atoms with Gasteiger partial charge in [0.05, 0.1) is 39.5 Å². The van der Waals surface area contributed by atoms with E-state index in [0.717, 1.165) is 55.5 Å². The maximum absolute atomic E-state index is 12.4. The van der Waals surface area contributed by atoms with Crippen LogP contribution in [0.2, 0.25) is 0 Å². The molecule has 6 fully saturated rings. The molecule has 6 nitrogen and oxygen atoms in total. The number of likely N-dealkylation sites (N-methyl/N-ethyl adjacent to an activating group) is 1. The third-order valence-electron chi connectivity index (χ3n) is 13.1. The highest BCUT2D eigenvalue weighted by Gasteiger charge is 2.67. The molecule has 7 heteroatoms. The number of aliphatic hydroxyl groups is 1. The number of hydrogen-bond acceptors (Lipinski definition) is 5. The summed E-state index contributed by atoms with van der Waals surface area (Å²) in [6, 6.07) is 0.720. The molecular formula is C31H53BrN2O4. The number of rotatable bonds is 3. The Morgan fingerprint density at radius 1 is 1.00 bits per heavy atom. The molecule has 0 aromatic heterocycles. The predicted octanol–water partition coefficient (Wildman–Crippen LogP) is 1.25. The van der Waals surface area contributed by atoms with Crippen LogP contribution in [-0.4, -0.2) is 91.2 Å². The molecular weight excluding hydrogens is 544 g/mol. The second-order valence-electron chi connectivity index (χ2n) is 14.7. The lowest BCUT2D eigenvalue weighted by atomic mass is 9.44. The SMILES string of the molecule is CC(=O)O[C@H]1[C@@H]([N+]2(C)CCCCC2)CC2C3CC[C@H]4C[C@H](O)[C@@H](N5CCOCC5)C[C@]4(C)C3CC[C@@]21C.[Br-]. The lowest BCUT2D eigenvalue weighted by Gasteiger charge is -2.62. The van der Waals surface area contributed by atoms with Crippen LogP contribution in [0.5, 0.6) is 0 Å². The minimum Gasteiger partial charge on any atom is -1.00 e. The van der Waals surface area contributed by atoms with Gasteiger partial charge in [-0.05, 0) is 86.9 Å². The van der Waals surface area contributed by atoms with Gasteiger partial charge < -0.3 is 36.0 Å². The number of piperidine rings is 1. The van der Waals surface area contributed by atoms with E-state index >= 15 is 0 Å². The lowest BCUT2D eigenvalue weighted by molar-refractivity contribution is -0.940. The van der Waals surface area contributed by atoms with Crippen molar-refractivity contribution in [2.24, 2.45) is 34.5 Å². The van der Waals surface area contributed by atoms with Gasteiger partial charge >= 0.3 is 5.97 Å². The molecule has 4 saturated carbocycles. The summed E-state index contributed by atoms with van der Waals surface area (Å²) in [5.74, 6) is 2.64. The van der Waals surface area contributed by atoms with Crippen molar-refractivity contribution in [2.45, 2.75) is 109 Å². The van der Waals surface area contributed by atoms with Gasteiger partial charge in [0, 0.05) is 37.9 Å². The van der Waals surface area contributed by atoms with E-state index in [2.05, 4.69) is 25.8 Å². The van der Waals surface area contributed by atoms with Gasteiger partial charge in [-0.3, -0.25) is 9.69 Å². The number of aliphatic hydroxyl groups excluding tert-OH is 1. The van der Waals surface area contributed by atoms with Crippen LogP contribution in [0.4, 0.5) is 0 Å². The van der Waals surface area contributed by atoms with E-state index in [1.54, 1.807) is 6.92 Å². The monoisotopic (exact) mass is 596 g/mol. The zero-order valence-electron chi connectivity index (χ0n) is 24.4. The van der Waals surface area contributed by atoms with E-state index in [1.165, 1.54) is 64.5 Å². The number of esters is 1. The number of quaternary nitrogens is 1. The van der Waals surface area contributed by atoms with E-state index in [4.69, 9.17) is 9.47 Å². The first kappa shape index (κ1) is 29.3. The Morgan fingerprint density at radius 3 is 2.39 bits per heavy atom. The summed E-state index contributed by atoms with van der Waals surface area (Å²) >= 11 is 0. The fourth-order valence-electron chi connectivity index (χ4n) is 11.1. The highest BCUT2D eigenvalue weighted by Crippen LogP contribution is 2.67. The summed E-state index contributed by atoms with van der Waals surface area (Å²) < 4.78 is 13.1.